The van der Waals surface area contributed by atoms with Crippen molar-refractivity contribution >= 4 is 33.5 Å². The number of hydrogen-bond acceptors (Lipinski definition) is 4. The SMILES string of the molecule is FC(F)(F)c1ccc2cc(C3(C4CCNCC4)CCCO3)c3ccc(C(F)(F)F)cc3c2c1.O=C(O)/C=C/C(=O)O. The second kappa shape index (κ2) is 11.7. The number of rotatable bonds is 4. The van der Waals surface area contributed by atoms with E-state index in [2.05, 4.69) is 5.32 Å². The van der Waals surface area contributed by atoms with Crippen LogP contribution in [0.25, 0.3) is 21.5 Å². The quantitative estimate of drug-likeness (QED) is 0.179. The number of ether oxygens (including phenoxy) is 1. The van der Waals surface area contributed by atoms with E-state index in [0.717, 1.165) is 68.6 Å². The minimum atomic E-state index is -4.60. The van der Waals surface area contributed by atoms with E-state index in [-0.39, 0.29) is 16.7 Å². The summed E-state index contributed by atoms with van der Waals surface area (Å²) in [6.45, 7) is 2.21. The summed E-state index contributed by atoms with van der Waals surface area (Å²) in [6.07, 6.45) is -4.78. The number of fused-ring (bicyclic) bond motifs is 3. The lowest BCUT2D eigenvalue weighted by Gasteiger charge is -2.40. The summed E-state index contributed by atoms with van der Waals surface area (Å²) < 4.78 is 87.2. The number of hydrogen-bond donors (Lipinski definition) is 3. The molecule has 1 unspecified atom stereocenters. The average molecular weight is 584 g/mol. The smallest absolute Gasteiger partial charge is 0.416 e. The Kier molecular flexibility index (Phi) is 8.65. The van der Waals surface area contributed by atoms with Crippen molar-refractivity contribution in [2.24, 2.45) is 5.92 Å². The van der Waals surface area contributed by atoms with Crippen molar-refractivity contribution in [1.29, 1.82) is 0 Å². The summed E-state index contributed by atoms with van der Waals surface area (Å²) in [6, 6.07) is 8.51. The van der Waals surface area contributed by atoms with Crippen LogP contribution in [0.5, 0.6) is 0 Å². The van der Waals surface area contributed by atoms with Gasteiger partial charge < -0.3 is 20.3 Å². The Morgan fingerprint density at radius 1 is 0.829 bits per heavy atom. The van der Waals surface area contributed by atoms with Crippen molar-refractivity contribution in [3.63, 3.8) is 0 Å². The lowest BCUT2D eigenvalue weighted by atomic mass is 9.72. The molecule has 5 rings (SSSR count). The van der Waals surface area contributed by atoms with E-state index in [1.165, 1.54) is 12.1 Å². The normalized spacial score (nSPS) is 20.3. The van der Waals surface area contributed by atoms with Gasteiger partial charge in [0.1, 0.15) is 0 Å². The molecule has 2 heterocycles. The van der Waals surface area contributed by atoms with Crippen LogP contribution >= 0.6 is 0 Å². The van der Waals surface area contributed by atoms with Crippen LogP contribution in [0.1, 0.15) is 42.4 Å². The Labute approximate surface area is 230 Å². The van der Waals surface area contributed by atoms with Crippen molar-refractivity contribution in [2.75, 3.05) is 19.7 Å². The van der Waals surface area contributed by atoms with Gasteiger partial charge in [-0.2, -0.15) is 26.3 Å². The van der Waals surface area contributed by atoms with E-state index in [9.17, 15) is 35.9 Å². The fraction of sp³-hybridized carbons (Fsp3) is 0.379. The third kappa shape index (κ3) is 6.65. The highest BCUT2D eigenvalue weighted by molar-refractivity contribution is 6.10. The predicted octanol–water partition coefficient (Wildman–Crippen LogP) is 6.75. The molecule has 6 nitrogen and oxygen atoms in total. The third-order valence-electron chi connectivity index (χ3n) is 7.48. The number of nitrogens with one attached hydrogen (secondary N) is 1. The first kappa shape index (κ1) is 30.3. The van der Waals surface area contributed by atoms with Crippen LogP contribution in [-0.4, -0.2) is 41.8 Å². The molecule has 0 radical (unpaired) electrons. The summed E-state index contributed by atoms with van der Waals surface area (Å²) in [4.78, 5) is 19.1. The predicted molar refractivity (Wildman–Crippen MR) is 138 cm³/mol. The van der Waals surface area contributed by atoms with Crippen LogP contribution in [0.4, 0.5) is 26.3 Å². The zero-order chi connectivity index (χ0) is 30.0. The number of carboxylic acid groups (broad SMARTS) is 2. The van der Waals surface area contributed by atoms with Crippen molar-refractivity contribution < 1.29 is 50.9 Å². The molecule has 0 saturated carbocycles. The maximum atomic E-state index is 13.5. The van der Waals surface area contributed by atoms with Gasteiger partial charge in [0.15, 0.2) is 0 Å². The molecule has 3 aromatic carbocycles. The van der Waals surface area contributed by atoms with Crippen molar-refractivity contribution in [2.45, 2.75) is 43.6 Å². The van der Waals surface area contributed by atoms with E-state index < -0.39 is 41.0 Å². The zero-order valence-electron chi connectivity index (χ0n) is 21.6. The molecule has 1 atom stereocenters. The molecule has 220 valence electrons. The van der Waals surface area contributed by atoms with Gasteiger partial charge in [0, 0.05) is 18.8 Å². The molecule has 2 saturated heterocycles. The Hall–Kier alpha value is -3.64. The van der Waals surface area contributed by atoms with E-state index in [4.69, 9.17) is 14.9 Å². The highest BCUT2D eigenvalue weighted by atomic mass is 19.4. The Morgan fingerprint density at radius 2 is 1.39 bits per heavy atom. The molecular formula is C29H27F6NO5. The summed E-state index contributed by atoms with van der Waals surface area (Å²) in [5.41, 5.74) is -1.64. The maximum absolute atomic E-state index is 13.5. The molecule has 2 aliphatic rings. The first-order valence-electron chi connectivity index (χ1n) is 12.9. The van der Waals surface area contributed by atoms with Crippen LogP contribution in [-0.2, 0) is 32.3 Å². The fourth-order valence-electron chi connectivity index (χ4n) is 5.70. The van der Waals surface area contributed by atoms with Crippen LogP contribution in [0.3, 0.4) is 0 Å². The number of alkyl halides is 6. The maximum Gasteiger partial charge on any atom is 0.416 e. The van der Waals surface area contributed by atoms with Crippen LogP contribution in [0.2, 0.25) is 0 Å². The molecule has 2 fully saturated rings. The van der Waals surface area contributed by atoms with Crippen LogP contribution in [0, 0.1) is 5.92 Å². The van der Waals surface area contributed by atoms with Gasteiger partial charge in [0.2, 0.25) is 0 Å². The van der Waals surface area contributed by atoms with Crippen molar-refractivity contribution in [3.05, 3.63) is 71.3 Å². The topological polar surface area (TPSA) is 95.9 Å². The Balaban J connectivity index is 0.000000426. The third-order valence-corrected chi connectivity index (χ3v) is 7.48. The van der Waals surface area contributed by atoms with Gasteiger partial charge in [0.05, 0.1) is 16.7 Å². The second-order valence-corrected chi connectivity index (χ2v) is 9.99. The molecule has 0 bridgehead atoms. The van der Waals surface area contributed by atoms with Gasteiger partial charge >= 0.3 is 24.3 Å². The van der Waals surface area contributed by atoms with Gasteiger partial charge in [-0.1, -0.05) is 12.1 Å². The molecule has 0 aromatic heterocycles. The number of piperidine rings is 1. The van der Waals surface area contributed by atoms with Crippen molar-refractivity contribution in [3.8, 4) is 0 Å². The molecule has 12 heteroatoms. The summed E-state index contributed by atoms with van der Waals surface area (Å²) >= 11 is 0. The van der Waals surface area contributed by atoms with E-state index in [0.29, 0.717) is 29.5 Å². The molecule has 2 aliphatic heterocycles. The first-order valence-corrected chi connectivity index (χ1v) is 12.9. The van der Waals surface area contributed by atoms with E-state index in [1.807, 2.05) is 6.07 Å². The fourth-order valence-corrected chi connectivity index (χ4v) is 5.70. The number of carboxylic acids is 2. The lowest BCUT2D eigenvalue weighted by molar-refractivity contribution is -0.138. The molecule has 0 aliphatic carbocycles. The van der Waals surface area contributed by atoms with Gasteiger partial charge in [-0.25, -0.2) is 9.59 Å². The largest absolute Gasteiger partial charge is 0.478 e. The van der Waals surface area contributed by atoms with Crippen molar-refractivity contribution in [1.82, 2.24) is 5.32 Å². The number of benzene rings is 3. The van der Waals surface area contributed by atoms with Gasteiger partial charge in [-0.3, -0.25) is 0 Å². The summed E-state index contributed by atoms with van der Waals surface area (Å²) in [7, 11) is 0. The molecule has 41 heavy (non-hydrogen) atoms. The summed E-state index contributed by atoms with van der Waals surface area (Å²) in [5, 5.41) is 20.3. The highest BCUT2D eigenvalue weighted by Gasteiger charge is 2.46. The zero-order valence-corrected chi connectivity index (χ0v) is 21.6. The minimum absolute atomic E-state index is 0.160. The van der Waals surface area contributed by atoms with E-state index in [1.54, 1.807) is 0 Å². The highest BCUT2D eigenvalue weighted by Crippen LogP contribution is 2.50. The lowest BCUT2D eigenvalue weighted by Crippen LogP contribution is -2.41. The van der Waals surface area contributed by atoms with Gasteiger partial charge in [-0.05, 0) is 102 Å². The standard InChI is InChI=1S/C25H23F6NO.C4H4O4/c26-24(27,28)17-3-2-15-12-22(23(8-1-11-33-23)16-6-9-32-10-7-16)19-5-4-18(25(29,30)31)14-21(19)20(15)13-17;5-3(6)1-2-4(7)8/h2-5,12-14,16,32H,1,6-11H2;1-2H,(H,5,6)(H,7,8)/b;2-1+. The van der Waals surface area contributed by atoms with Crippen LogP contribution < -0.4 is 5.32 Å². The second-order valence-electron chi connectivity index (χ2n) is 9.99. The molecule has 0 amide bonds. The monoisotopic (exact) mass is 583 g/mol. The average Bonchev–Trinajstić information content (AvgIpc) is 3.42. The molecule has 3 N–H and O–H groups in total. The number of carbonyl (C=O) groups is 2. The van der Waals surface area contributed by atoms with E-state index >= 15 is 0 Å². The molecule has 0 spiro atoms. The Morgan fingerprint density at radius 3 is 1.90 bits per heavy atom. The minimum Gasteiger partial charge on any atom is -0.478 e. The summed E-state index contributed by atoms with van der Waals surface area (Å²) in [5.74, 6) is -2.33. The molecule has 3 aromatic rings. The van der Waals surface area contributed by atoms with Gasteiger partial charge in [-0.15, -0.1) is 0 Å². The first-order chi connectivity index (χ1) is 19.2. The van der Waals surface area contributed by atoms with Crippen LogP contribution in [0.15, 0.2) is 54.6 Å². The molecular weight excluding hydrogens is 556 g/mol. The number of aliphatic carboxylic acids is 2. The number of halogens is 6. The van der Waals surface area contributed by atoms with Gasteiger partial charge in [0.25, 0.3) is 0 Å². The Bertz CT molecular complexity index is 1450.